The lowest BCUT2D eigenvalue weighted by Gasteiger charge is -2.13. The number of rotatable bonds is 3. The molecular weight excluding hydrogens is 274 g/mol. The van der Waals surface area contributed by atoms with Crippen LogP contribution in [0.4, 0.5) is 5.69 Å². The first-order valence-corrected chi connectivity index (χ1v) is 6.79. The lowest BCUT2D eigenvalue weighted by Crippen LogP contribution is -2.14. The molecule has 1 aliphatic heterocycles. The zero-order valence-electron chi connectivity index (χ0n) is 11.0. The number of carbonyl (C=O) groups excluding carboxylic acids is 1. The van der Waals surface area contributed by atoms with Crippen LogP contribution in [0.1, 0.15) is 17.0 Å². The molecule has 2 aromatic rings. The quantitative estimate of drug-likeness (QED) is 0.936. The Hall–Kier alpha value is -2.00. The number of amides is 1. The van der Waals surface area contributed by atoms with Crippen molar-refractivity contribution in [1.82, 2.24) is 0 Å². The zero-order valence-corrected chi connectivity index (χ0v) is 11.8. The Kier molecular flexibility index (Phi) is 3.36. The number of hydrogen-bond donors (Lipinski definition) is 1. The van der Waals surface area contributed by atoms with Gasteiger partial charge in [-0.05, 0) is 41.8 Å². The van der Waals surface area contributed by atoms with E-state index in [1.54, 1.807) is 13.2 Å². The van der Waals surface area contributed by atoms with Gasteiger partial charge >= 0.3 is 0 Å². The van der Waals surface area contributed by atoms with Gasteiger partial charge in [-0.15, -0.1) is 0 Å². The van der Waals surface area contributed by atoms with Crippen molar-refractivity contribution in [3.8, 4) is 5.75 Å². The van der Waals surface area contributed by atoms with E-state index >= 15 is 0 Å². The number of carbonyl (C=O) groups is 1. The highest BCUT2D eigenvalue weighted by atomic mass is 35.5. The van der Waals surface area contributed by atoms with Crippen LogP contribution in [-0.4, -0.2) is 13.0 Å². The maximum absolute atomic E-state index is 12.1. The van der Waals surface area contributed by atoms with Gasteiger partial charge in [0, 0.05) is 10.7 Å². The molecule has 20 heavy (non-hydrogen) atoms. The summed E-state index contributed by atoms with van der Waals surface area (Å²) < 4.78 is 5.34. The summed E-state index contributed by atoms with van der Waals surface area (Å²) in [6, 6.07) is 13.2. The summed E-state index contributed by atoms with van der Waals surface area (Å²) in [4.78, 5) is 12.1. The third kappa shape index (κ3) is 2.25. The number of halogens is 1. The number of ether oxygens (including phenoxy) is 1. The van der Waals surface area contributed by atoms with Crippen LogP contribution in [0.3, 0.4) is 0 Å². The SMILES string of the molecule is COc1ccc(Cl)cc1C[C@@H]1C(=O)Nc2ccccc21. The van der Waals surface area contributed by atoms with Crippen molar-refractivity contribution in [2.75, 3.05) is 12.4 Å². The van der Waals surface area contributed by atoms with Gasteiger partial charge in [0.15, 0.2) is 0 Å². The largest absolute Gasteiger partial charge is 0.496 e. The molecule has 0 spiro atoms. The van der Waals surface area contributed by atoms with Gasteiger partial charge in [-0.25, -0.2) is 0 Å². The fraction of sp³-hybridized carbons (Fsp3) is 0.188. The van der Waals surface area contributed by atoms with E-state index in [0.717, 1.165) is 22.6 Å². The molecule has 0 bridgehead atoms. The highest BCUT2D eigenvalue weighted by Gasteiger charge is 2.30. The average molecular weight is 288 g/mol. The minimum absolute atomic E-state index is 0.0215. The van der Waals surface area contributed by atoms with Gasteiger partial charge in [0.05, 0.1) is 13.0 Å². The molecule has 1 heterocycles. The second kappa shape index (κ2) is 5.17. The predicted octanol–water partition coefficient (Wildman–Crippen LogP) is 3.63. The van der Waals surface area contributed by atoms with E-state index in [1.165, 1.54) is 0 Å². The number of para-hydroxylation sites is 1. The fourth-order valence-electron chi connectivity index (χ4n) is 2.61. The second-order valence-corrected chi connectivity index (χ2v) is 5.23. The number of fused-ring (bicyclic) bond motifs is 1. The maximum Gasteiger partial charge on any atom is 0.232 e. The van der Waals surface area contributed by atoms with Crippen molar-refractivity contribution in [2.45, 2.75) is 12.3 Å². The third-order valence-electron chi connectivity index (χ3n) is 3.58. The molecule has 1 atom stereocenters. The topological polar surface area (TPSA) is 38.3 Å². The molecule has 0 radical (unpaired) electrons. The van der Waals surface area contributed by atoms with E-state index in [1.807, 2.05) is 36.4 Å². The molecule has 0 fully saturated rings. The van der Waals surface area contributed by atoms with Crippen LogP contribution in [0.25, 0.3) is 0 Å². The molecule has 3 rings (SSSR count). The van der Waals surface area contributed by atoms with Crippen LogP contribution >= 0.6 is 11.6 Å². The molecule has 102 valence electrons. The summed E-state index contributed by atoms with van der Waals surface area (Å²) in [5.41, 5.74) is 2.86. The van der Waals surface area contributed by atoms with Gasteiger partial charge in [-0.2, -0.15) is 0 Å². The minimum atomic E-state index is -0.196. The van der Waals surface area contributed by atoms with Crippen molar-refractivity contribution < 1.29 is 9.53 Å². The summed E-state index contributed by atoms with van der Waals surface area (Å²) in [6.07, 6.45) is 0.576. The Bertz CT molecular complexity index is 669. The van der Waals surface area contributed by atoms with Crippen molar-refractivity contribution in [3.63, 3.8) is 0 Å². The van der Waals surface area contributed by atoms with Gasteiger partial charge in [0.2, 0.25) is 5.91 Å². The Morgan fingerprint density at radius 1 is 1.25 bits per heavy atom. The molecule has 1 aliphatic rings. The van der Waals surface area contributed by atoms with Gasteiger partial charge in [0.1, 0.15) is 5.75 Å². The Morgan fingerprint density at radius 3 is 2.85 bits per heavy atom. The smallest absolute Gasteiger partial charge is 0.232 e. The summed E-state index contributed by atoms with van der Waals surface area (Å²) in [5, 5.41) is 3.55. The van der Waals surface area contributed by atoms with Crippen molar-refractivity contribution in [2.24, 2.45) is 0 Å². The number of benzene rings is 2. The molecule has 2 aromatic carbocycles. The first-order chi connectivity index (χ1) is 9.69. The number of hydrogen-bond acceptors (Lipinski definition) is 2. The maximum atomic E-state index is 12.1. The normalized spacial score (nSPS) is 16.7. The summed E-state index contributed by atoms with van der Waals surface area (Å²) >= 11 is 6.04. The lowest BCUT2D eigenvalue weighted by molar-refractivity contribution is -0.117. The van der Waals surface area contributed by atoms with Crippen LogP contribution in [0.15, 0.2) is 42.5 Å². The standard InChI is InChI=1S/C16H14ClNO2/c1-20-15-7-6-11(17)8-10(15)9-13-12-4-2-3-5-14(12)18-16(13)19/h2-8,13H,9H2,1H3,(H,18,19)/t13-/m0/s1. The first-order valence-electron chi connectivity index (χ1n) is 6.41. The number of nitrogens with one attached hydrogen (secondary N) is 1. The van der Waals surface area contributed by atoms with E-state index in [4.69, 9.17) is 16.3 Å². The molecule has 0 saturated carbocycles. The molecule has 0 saturated heterocycles. The number of methoxy groups -OCH3 is 1. The Morgan fingerprint density at radius 2 is 2.05 bits per heavy atom. The average Bonchev–Trinajstić information content (AvgIpc) is 2.76. The van der Waals surface area contributed by atoms with Crippen molar-refractivity contribution >= 4 is 23.2 Å². The van der Waals surface area contributed by atoms with E-state index in [2.05, 4.69) is 5.32 Å². The van der Waals surface area contributed by atoms with Gasteiger partial charge in [-0.3, -0.25) is 4.79 Å². The van der Waals surface area contributed by atoms with Crippen LogP contribution in [0.2, 0.25) is 5.02 Å². The van der Waals surface area contributed by atoms with E-state index < -0.39 is 0 Å². The van der Waals surface area contributed by atoms with E-state index in [0.29, 0.717) is 11.4 Å². The zero-order chi connectivity index (χ0) is 14.1. The molecule has 0 aromatic heterocycles. The molecular formula is C16H14ClNO2. The van der Waals surface area contributed by atoms with Gasteiger partial charge in [-0.1, -0.05) is 29.8 Å². The third-order valence-corrected chi connectivity index (χ3v) is 3.81. The summed E-state index contributed by atoms with van der Waals surface area (Å²) in [6.45, 7) is 0. The Labute approximate surface area is 122 Å². The highest BCUT2D eigenvalue weighted by Crippen LogP contribution is 2.36. The van der Waals surface area contributed by atoms with Crippen LogP contribution in [0.5, 0.6) is 5.75 Å². The summed E-state index contributed by atoms with van der Waals surface area (Å²) in [5.74, 6) is 0.582. The highest BCUT2D eigenvalue weighted by molar-refractivity contribution is 6.30. The monoisotopic (exact) mass is 287 g/mol. The van der Waals surface area contributed by atoms with Crippen molar-refractivity contribution in [3.05, 3.63) is 58.6 Å². The lowest BCUT2D eigenvalue weighted by atomic mass is 9.93. The fourth-order valence-corrected chi connectivity index (χ4v) is 2.80. The second-order valence-electron chi connectivity index (χ2n) is 4.79. The predicted molar refractivity (Wildman–Crippen MR) is 79.5 cm³/mol. The molecule has 1 N–H and O–H groups in total. The van der Waals surface area contributed by atoms with Crippen LogP contribution in [0, 0.1) is 0 Å². The van der Waals surface area contributed by atoms with Crippen LogP contribution in [-0.2, 0) is 11.2 Å². The van der Waals surface area contributed by atoms with E-state index in [-0.39, 0.29) is 11.8 Å². The summed E-state index contributed by atoms with van der Waals surface area (Å²) in [7, 11) is 1.62. The Balaban J connectivity index is 1.96. The van der Waals surface area contributed by atoms with E-state index in [9.17, 15) is 4.79 Å². The van der Waals surface area contributed by atoms with Gasteiger partial charge < -0.3 is 10.1 Å². The van der Waals surface area contributed by atoms with Gasteiger partial charge in [0.25, 0.3) is 0 Å². The molecule has 1 amide bonds. The first kappa shape index (κ1) is 13.0. The molecule has 0 aliphatic carbocycles. The molecule has 4 heteroatoms. The molecule has 0 unspecified atom stereocenters. The minimum Gasteiger partial charge on any atom is -0.496 e. The van der Waals surface area contributed by atoms with Crippen LogP contribution < -0.4 is 10.1 Å². The number of anilines is 1. The molecule has 3 nitrogen and oxygen atoms in total. The van der Waals surface area contributed by atoms with Crippen molar-refractivity contribution in [1.29, 1.82) is 0 Å².